The summed E-state index contributed by atoms with van der Waals surface area (Å²) in [4.78, 5) is 12.6. The molecule has 0 aromatic carbocycles. The molecule has 0 unspecified atom stereocenters. The molecule has 0 atom stereocenters. The van der Waals surface area contributed by atoms with E-state index in [4.69, 9.17) is 10.8 Å². The molecule has 3 N–H and O–H groups in total. The second-order valence-corrected chi connectivity index (χ2v) is 2.78. The smallest absolute Gasteiger partial charge is 0.501 e. The minimum absolute atomic E-state index is 0.484. The van der Waals surface area contributed by atoms with E-state index < -0.39 is 40.7 Å². The van der Waals surface area contributed by atoms with Gasteiger partial charge >= 0.3 is 12.0 Å². The lowest BCUT2D eigenvalue weighted by molar-refractivity contribution is -0.386. The summed E-state index contributed by atoms with van der Waals surface area (Å²) < 4.78 is 39.3. The molecular formula is C7H6F3N3O4. The molecule has 0 bridgehead atoms. The zero-order valence-corrected chi connectivity index (χ0v) is 8.06. The molecule has 0 radical (unpaired) electrons. The topological polar surface area (TPSA) is 112 Å². The van der Waals surface area contributed by atoms with Crippen LogP contribution in [0.1, 0.15) is 5.56 Å². The first kappa shape index (κ1) is 13.0. The molecule has 17 heavy (non-hydrogen) atoms. The highest BCUT2D eigenvalue weighted by atomic mass is 19.4. The molecule has 0 saturated heterocycles. The van der Waals surface area contributed by atoms with Gasteiger partial charge in [0.25, 0.3) is 0 Å². The number of nitro groups is 1. The largest absolute Gasteiger partial charge is 0.574 e. The van der Waals surface area contributed by atoms with Crippen molar-refractivity contribution in [2.24, 2.45) is 5.73 Å². The van der Waals surface area contributed by atoms with Crippen molar-refractivity contribution in [3.8, 4) is 11.6 Å². The number of aromatic nitrogens is 1. The van der Waals surface area contributed by atoms with Gasteiger partial charge in [-0.05, 0) is 0 Å². The van der Waals surface area contributed by atoms with Gasteiger partial charge in [0.1, 0.15) is 5.56 Å². The first-order valence-electron chi connectivity index (χ1n) is 4.07. The third-order valence-electron chi connectivity index (χ3n) is 1.69. The molecular weight excluding hydrogens is 247 g/mol. The fourth-order valence-electron chi connectivity index (χ4n) is 1.10. The third-order valence-corrected chi connectivity index (χ3v) is 1.69. The molecule has 0 amide bonds. The van der Waals surface area contributed by atoms with E-state index in [0.717, 1.165) is 0 Å². The Balaban J connectivity index is 3.33. The maximum absolute atomic E-state index is 12.0. The average molecular weight is 253 g/mol. The van der Waals surface area contributed by atoms with Crippen LogP contribution < -0.4 is 10.5 Å². The van der Waals surface area contributed by atoms with Crippen molar-refractivity contribution in [1.82, 2.24) is 4.98 Å². The molecule has 7 nitrogen and oxygen atoms in total. The number of hydrogen-bond donors (Lipinski definition) is 2. The number of alkyl halides is 3. The molecule has 1 rings (SSSR count). The van der Waals surface area contributed by atoms with Crippen LogP contribution in [-0.2, 0) is 6.54 Å². The Morgan fingerprint density at radius 2 is 2.18 bits per heavy atom. The Hall–Kier alpha value is -2.10. The van der Waals surface area contributed by atoms with Crippen molar-refractivity contribution in [2.75, 3.05) is 0 Å². The predicted molar refractivity (Wildman–Crippen MR) is 47.1 cm³/mol. The molecule has 0 aliphatic carbocycles. The summed E-state index contributed by atoms with van der Waals surface area (Å²) in [6.07, 6.45) is -4.57. The fraction of sp³-hybridized carbons (Fsp3) is 0.286. The molecule has 0 fully saturated rings. The van der Waals surface area contributed by atoms with E-state index in [9.17, 15) is 23.3 Å². The van der Waals surface area contributed by atoms with E-state index in [-0.39, 0.29) is 0 Å². The number of nitrogens with two attached hydrogens (primary N) is 1. The molecule has 1 heterocycles. The highest BCUT2D eigenvalue weighted by molar-refractivity contribution is 5.54. The Kier molecular flexibility index (Phi) is 3.36. The van der Waals surface area contributed by atoms with E-state index in [2.05, 4.69) is 9.72 Å². The zero-order chi connectivity index (χ0) is 13.2. The van der Waals surface area contributed by atoms with Crippen LogP contribution in [0, 0.1) is 10.1 Å². The lowest BCUT2D eigenvalue weighted by Crippen LogP contribution is -2.20. The van der Waals surface area contributed by atoms with E-state index in [1.165, 1.54) is 0 Å². The molecule has 1 aromatic heterocycles. The SMILES string of the molecule is NCc1c(OC(F)(F)F)ncc(O)c1[N+](=O)[O-]. The highest BCUT2D eigenvalue weighted by Gasteiger charge is 2.35. The van der Waals surface area contributed by atoms with Crippen molar-refractivity contribution in [1.29, 1.82) is 0 Å². The van der Waals surface area contributed by atoms with Crippen LogP contribution in [0.3, 0.4) is 0 Å². The molecule has 0 aliphatic rings. The predicted octanol–water partition coefficient (Wildman–Crippen LogP) is 1.05. The van der Waals surface area contributed by atoms with Crippen molar-refractivity contribution >= 4 is 5.69 Å². The lowest BCUT2D eigenvalue weighted by Gasteiger charge is -2.11. The number of halogens is 3. The molecule has 0 saturated carbocycles. The maximum Gasteiger partial charge on any atom is 0.574 e. The van der Waals surface area contributed by atoms with Crippen molar-refractivity contribution in [3.05, 3.63) is 21.9 Å². The second-order valence-electron chi connectivity index (χ2n) is 2.78. The number of pyridine rings is 1. The van der Waals surface area contributed by atoms with E-state index >= 15 is 0 Å². The van der Waals surface area contributed by atoms with Crippen LogP contribution in [0.5, 0.6) is 11.6 Å². The van der Waals surface area contributed by atoms with Gasteiger partial charge in [0.05, 0.1) is 11.1 Å². The van der Waals surface area contributed by atoms with Crippen molar-refractivity contribution in [3.63, 3.8) is 0 Å². The van der Waals surface area contributed by atoms with Crippen LogP contribution in [-0.4, -0.2) is 21.4 Å². The van der Waals surface area contributed by atoms with E-state index in [1.54, 1.807) is 0 Å². The number of hydrogen-bond acceptors (Lipinski definition) is 6. The van der Waals surface area contributed by atoms with Gasteiger partial charge in [0, 0.05) is 6.54 Å². The quantitative estimate of drug-likeness (QED) is 0.615. The standard InChI is InChI=1S/C7H6F3N3O4/c8-7(9,10)17-6-3(1-11)5(13(15)16)4(14)2-12-6/h2,14H,1,11H2. The maximum atomic E-state index is 12.0. The molecule has 10 heteroatoms. The summed E-state index contributed by atoms with van der Waals surface area (Å²) >= 11 is 0. The van der Waals surface area contributed by atoms with Crippen molar-refractivity contribution < 1.29 is 27.9 Å². The first-order valence-corrected chi connectivity index (χ1v) is 4.07. The summed E-state index contributed by atoms with van der Waals surface area (Å²) in [5, 5.41) is 19.7. The zero-order valence-electron chi connectivity index (χ0n) is 8.06. The number of rotatable bonds is 3. The summed E-state index contributed by atoms with van der Waals surface area (Å²) in [6, 6.07) is 0. The summed E-state index contributed by atoms with van der Waals surface area (Å²) in [6.45, 7) is -0.636. The van der Waals surface area contributed by atoms with Gasteiger partial charge in [-0.1, -0.05) is 0 Å². The number of nitrogens with zero attached hydrogens (tertiary/aromatic N) is 2. The van der Waals surface area contributed by atoms with E-state index in [0.29, 0.717) is 6.20 Å². The highest BCUT2D eigenvalue weighted by Crippen LogP contribution is 2.35. The third kappa shape index (κ3) is 2.93. The molecule has 0 spiro atoms. The van der Waals surface area contributed by atoms with Crippen LogP contribution in [0.15, 0.2) is 6.20 Å². The second kappa shape index (κ2) is 4.41. The summed E-state index contributed by atoms with van der Waals surface area (Å²) in [5.74, 6) is -1.94. The molecule has 1 aromatic rings. The van der Waals surface area contributed by atoms with Crippen LogP contribution in [0.25, 0.3) is 0 Å². The Morgan fingerprint density at radius 3 is 2.59 bits per heavy atom. The van der Waals surface area contributed by atoms with Gasteiger partial charge in [-0.25, -0.2) is 4.98 Å². The Labute approximate surface area is 91.8 Å². The van der Waals surface area contributed by atoms with Crippen LogP contribution in [0.4, 0.5) is 18.9 Å². The normalized spacial score (nSPS) is 11.3. The minimum Gasteiger partial charge on any atom is -0.501 e. The molecule has 94 valence electrons. The number of ether oxygens (including phenoxy) is 1. The average Bonchev–Trinajstić information content (AvgIpc) is 2.17. The number of aromatic hydroxyl groups is 1. The van der Waals surface area contributed by atoms with E-state index in [1.807, 2.05) is 0 Å². The Bertz CT molecular complexity index is 449. The summed E-state index contributed by atoms with van der Waals surface area (Å²) in [7, 11) is 0. The lowest BCUT2D eigenvalue weighted by atomic mass is 10.2. The van der Waals surface area contributed by atoms with Gasteiger partial charge in [0.15, 0.2) is 0 Å². The van der Waals surface area contributed by atoms with Gasteiger partial charge in [-0.3, -0.25) is 10.1 Å². The monoisotopic (exact) mass is 253 g/mol. The first-order chi connectivity index (χ1) is 7.76. The minimum atomic E-state index is -5.05. The van der Waals surface area contributed by atoms with Gasteiger partial charge in [-0.2, -0.15) is 0 Å². The summed E-state index contributed by atoms with van der Waals surface area (Å²) in [5.41, 5.74) is 3.49. The van der Waals surface area contributed by atoms with Crippen LogP contribution >= 0.6 is 0 Å². The van der Waals surface area contributed by atoms with Gasteiger partial charge in [-0.15, -0.1) is 13.2 Å². The molecule has 0 aliphatic heterocycles. The fourth-order valence-corrected chi connectivity index (χ4v) is 1.10. The van der Waals surface area contributed by atoms with Gasteiger partial charge < -0.3 is 15.6 Å². The van der Waals surface area contributed by atoms with Crippen molar-refractivity contribution in [2.45, 2.75) is 12.9 Å². The van der Waals surface area contributed by atoms with Gasteiger partial charge in [0.2, 0.25) is 11.6 Å². The Morgan fingerprint density at radius 1 is 1.59 bits per heavy atom. The van der Waals surface area contributed by atoms with Crippen LogP contribution in [0.2, 0.25) is 0 Å².